The molecule has 2 heterocycles. The largest absolute Gasteiger partial charge is 0.360 e. The molecular formula is C19H24F2N4O2. The summed E-state index contributed by atoms with van der Waals surface area (Å²) < 4.78 is 32.4. The molecule has 0 atom stereocenters. The number of nitrogens with one attached hydrogen (secondary N) is 1. The average molecular weight is 378 g/mol. The Labute approximate surface area is 157 Å². The second-order valence-corrected chi connectivity index (χ2v) is 6.79. The fourth-order valence-corrected chi connectivity index (χ4v) is 3.17. The van der Waals surface area contributed by atoms with Crippen LogP contribution in [0.3, 0.4) is 0 Å². The third-order valence-corrected chi connectivity index (χ3v) is 4.65. The first-order valence-corrected chi connectivity index (χ1v) is 9.08. The number of aromatic nitrogens is 1. The highest BCUT2D eigenvalue weighted by Gasteiger charge is 2.20. The Morgan fingerprint density at radius 2 is 1.85 bits per heavy atom. The topological polar surface area (TPSA) is 61.6 Å². The number of nitrogens with zero attached hydrogens (tertiary/aromatic N) is 3. The van der Waals surface area contributed by atoms with Gasteiger partial charge in [0.25, 0.3) is 0 Å². The standard InChI is InChI=1S/C19H24F2N4O2/c1-14-11-15(27-23-14)12-24-7-9-25(10-8-24)13-19(26)22-6-5-16-17(20)3-2-4-18(16)21/h2-4,11H,5-10,12-13H2,1H3,(H,22,26). The van der Waals surface area contributed by atoms with E-state index in [9.17, 15) is 13.6 Å². The summed E-state index contributed by atoms with van der Waals surface area (Å²) in [7, 11) is 0. The van der Waals surface area contributed by atoms with E-state index in [1.54, 1.807) is 0 Å². The van der Waals surface area contributed by atoms with Gasteiger partial charge >= 0.3 is 0 Å². The van der Waals surface area contributed by atoms with E-state index in [-0.39, 0.29) is 31.0 Å². The van der Waals surface area contributed by atoms with E-state index < -0.39 is 11.6 Å². The molecule has 0 aliphatic carbocycles. The molecule has 1 saturated heterocycles. The summed E-state index contributed by atoms with van der Waals surface area (Å²) in [5, 5.41) is 6.62. The van der Waals surface area contributed by atoms with Gasteiger partial charge in [-0.15, -0.1) is 0 Å². The van der Waals surface area contributed by atoms with E-state index in [2.05, 4.69) is 20.3 Å². The van der Waals surface area contributed by atoms with Crippen molar-refractivity contribution < 1.29 is 18.1 Å². The molecule has 0 bridgehead atoms. The van der Waals surface area contributed by atoms with Crippen LogP contribution in [-0.2, 0) is 17.8 Å². The SMILES string of the molecule is Cc1cc(CN2CCN(CC(=O)NCCc3c(F)cccc3F)CC2)on1. The summed E-state index contributed by atoms with van der Waals surface area (Å²) in [6.45, 7) is 6.35. The molecule has 0 saturated carbocycles. The predicted molar refractivity (Wildman–Crippen MR) is 96.0 cm³/mol. The van der Waals surface area contributed by atoms with Crippen molar-refractivity contribution in [3.8, 4) is 0 Å². The van der Waals surface area contributed by atoms with Gasteiger partial charge in [0.1, 0.15) is 11.6 Å². The number of rotatable bonds is 7. The maximum Gasteiger partial charge on any atom is 0.234 e. The molecule has 27 heavy (non-hydrogen) atoms. The highest BCUT2D eigenvalue weighted by molar-refractivity contribution is 5.78. The number of aryl methyl sites for hydroxylation is 1. The van der Waals surface area contributed by atoms with Gasteiger partial charge in [-0.1, -0.05) is 11.2 Å². The van der Waals surface area contributed by atoms with Gasteiger partial charge in [0.05, 0.1) is 18.8 Å². The average Bonchev–Trinajstić information content (AvgIpc) is 3.04. The van der Waals surface area contributed by atoms with Crippen LogP contribution >= 0.6 is 0 Å². The van der Waals surface area contributed by atoms with Crippen LogP contribution < -0.4 is 5.32 Å². The zero-order chi connectivity index (χ0) is 19.2. The van der Waals surface area contributed by atoms with Gasteiger partial charge < -0.3 is 9.84 Å². The molecule has 1 aliphatic heterocycles. The lowest BCUT2D eigenvalue weighted by molar-refractivity contribution is -0.122. The van der Waals surface area contributed by atoms with Crippen molar-refractivity contribution in [2.24, 2.45) is 0 Å². The van der Waals surface area contributed by atoms with E-state index >= 15 is 0 Å². The first-order chi connectivity index (χ1) is 13.0. The molecule has 1 amide bonds. The van der Waals surface area contributed by atoms with E-state index in [1.807, 2.05) is 13.0 Å². The lowest BCUT2D eigenvalue weighted by atomic mass is 10.1. The lowest BCUT2D eigenvalue weighted by Crippen LogP contribution is -2.49. The van der Waals surface area contributed by atoms with Crippen molar-refractivity contribution in [1.82, 2.24) is 20.3 Å². The van der Waals surface area contributed by atoms with Crippen LogP contribution in [0.2, 0.25) is 0 Å². The van der Waals surface area contributed by atoms with Crippen molar-refractivity contribution in [2.75, 3.05) is 39.3 Å². The van der Waals surface area contributed by atoms with Gasteiger partial charge in [0, 0.05) is 44.4 Å². The smallest absolute Gasteiger partial charge is 0.234 e. The second-order valence-electron chi connectivity index (χ2n) is 6.79. The van der Waals surface area contributed by atoms with Crippen molar-refractivity contribution in [1.29, 1.82) is 0 Å². The molecular weight excluding hydrogens is 354 g/mol. The molecule has 1 aromatic carbocycles. The summed E-state index contributed by atoms with van der Waals surface area (Å²) in [6.07, 6.45) is 0.134. The summed E-state index contributed by atoms with van der Waals surface area (Å²) in [5.74, 6) is -0.449. The van der Waals surface area contributed by atoms with Crippen LogP contribution in [-0.4, -0.2) is 60.1 Å². The third-order valence-electron chi connectivity index (χ3n) is 4.65. The second kappa shape index (κ2) is 9.05. The van der Waals surface area contributed by atoms with Gasteiger partial charge in [-0.05, 0) is 25.5 Å². The minimum Gasteiger partial charge on any atom is -0.360 e. The number of hydrogen-bond acceptors (Lipinski definition) is 5. The van der Waals surface area contributed by atoms with Gasteiger partial charge in [-0.2, -0.15) is 0 Å². The monoisotopic (exact) mass is 378 g/mol. The molecule has 0 spiro atoms. The molecule has 8 heteroatoms. The first kappa shape index (κ1) is 19.4. The van der Waals surface area contributed by atoms with Crippen LogP contribution in [0.5, 0.6) is 0 Å². The van der Waals surface area contributed by atoms with Crippen LogP contribution in [0.1, 0.15) is 17.0 Å². The highest BCUT2D eigenvalue weighted by atomic mass is 19.1. The first-order valence-electron chi connectivity index (χ1n) is 9.08. The number of halogens is 2. The quantitative estimate of drug-likeness (QED) is 0.795. The molecule has 1 N–H and O–H groups in total. The Kier molecular flexibility index (Phi) is 6.52. The number of carbonyl (C=O) groups is 1. The summed E-state index contributed by atoms with van der Waals surface area (Å²) in [4.78, 5) is 16.4. The number of benzene rings is 1. The van der Waals surface area contributed by atoms with Gasteiger partial charge in [0.15, 0.2) is 5.76 Å². The Hall–Kier alpha value is -2.32. The fourth-order valence-electron chi connectivity index (χ4n) is 3.17. The van der Waals surface area contributed by atoms with Gasteiger partial charge in [0.2, 0.25) is 5.91 Å². The highest BCUT2D eigenvalue weighted by Crippen LogP contribution is 2.12. The molecule has 146 valence electrons. The fraction of sp³-hybridized carbons (Fsp3) is 0.474. The minimum absolute atomic E-state index is 0.00840. The number of carbonyl (C=O) groups excluding carboxylic acids is 1. The number of amides is 1. The van der Waals surface area contributed by atoms with Crippen LogP contribution in [0, 0.1) is 18.6 Å². The van der Waals surface area contributed by atoms with Crippen LogP contribution in [0.15, 0.2) is 28.8 Å². The Morgan fingerprint density at radius 3 is 2.48 bits per heavy atom. The molecule has 1 fully saturated rings. The van der Waals surface area contributed by atoms with Crippen molar-refractivity contribution in [3.63, 3.8) is 0 Å². The van der Waals surface area contributed by atoms with E-state index in [1.165, 1.54) is 18.2 Å². The van der Waals surface area contributed by atoms with Gasteiger partial charge in [-0.25, -0.2) is 8.78 Å². The zero-order valence-electron chi connectivity index (χ0n) is 15.4. The lowest BCUT2D eigenvalue weighted by Gasteiger charge is -2.33. The summed E-state index contributed by atoms with van der Waals surface area (Å²) in [5.41, 5.74) is 0.879. The maximum absolute atomic E-state index is 13.6. The van der Waals surface area contributed by atoms with Gasteiger partial charge in [-0.3, -0.25) is 14.6 Å². The Morgan fingerprint density at radius 1 is 1.19 bits per heavy atom. The van der Waals surface area contributed by atoms with E-state index in [0.717, 1.165) is 44.2 Å². The Balaban J connectivity index is 1.35. The maximum atomic E-state index is 13.6. The Bertz CT molecular complexity index is 753. The number of hydrogen-bond donors (Lipinski definition) is 1. The molecule has 1 aromatic heterocycles. The van der Waals surface area contributed by atoms with Crippen molar-refractivity contribution >= 4 is 5.91 Å². The third kappa shape index (κ3) is 5.58. The summed E-state index contributed by atoms with van der Waals surface area (Å²) >= 11 is 0. The molecule has 1 aliphatic rings. The molecule has 2 aromatic rings. The normalized spacial score (nSPS) is 15.8. The van der Waals surface area contributed by atoms with Crippen molar-refractivity contribution in [3.05, 3.63) is 52.9 Å². The van der Waals surface area contributed by atoms with Crippen LogP contribution in [0.4, 0.5) is 8.78 Å². The molecule has 6 nitrogen and oxygen atoms in total. The predicted octanol–water partition coefficient (Wildman–Crippen LogP) is 1.74. The number of piperazine rings is 1. The van der Waals surface area contributed by atoms with Crippen LogP contribution in [0.25, 0.3) is 0 Å². The van der Waals surface area contributed by atoms with Crippen molar-refractivity contribution in [2.45, 2.75) is 19.9 Å². The van der Waals surface area contributed by atoms with E-state index in [4.69, 9.17) is 4.52 Å². The summed E-state index contributed by atoms with van der Waals surface area (Å²) in [6, 6.07) is 5.70. The molecule has 0 radical (unpaired) electrons. The zero-order valence-corrected chi connectivity index (χ0v) is 15.4. The molecule has 3 rings (SSSR count). The minimum atomic E-state index is -0.581. The van der Waals surface area contributed by atoms with E-state index in [0.29, 0.717) is 0 Å². The molecule has 0 unspecified atom stereocenters.